The van der Waals surface area contributed by atoms with Gasteiger partial charge < -0.3 is 15.5 Å². The number of hydrogen-bond donors (Lipinski definition) is 2. The molecule has 2 N–H and O–H groups in total. The zero-order valence-corrected chi connectivity index (χ0v) is 17.0. The number of halogens is 3. The van der Waals surface area contributed by atoms with Crippen molar-refractivity contribution in [2.24, 2.45) is 17.8 Å². The van der Waals surface area contributed by atoms with Gasteiger partial charge >= 0.3 is 6.18 Å². The highest BCUT2D eigenvalue weighted by Gasteiger charge is 2.45. The fourth-order valence-corrected chi connectivity index (χ4v) is 6.18. The highest BCUT2D eigenvalue weighted by Crippen LogP contribution is 2.40. The van der Waals surface area contributed by atoms with Crippen LogP contribution in [0.25, 0.3) is 0 Å². The molecular formula is C22H29F3N4O. The summed E-state index contributed by atoms with van der Waals surface area (Å²) in [7, 11) is 0. The van der Waals surface area contributed by atoms with Gasteiger partial charge in [-0.25, -0.2) is 4.98 Å². The summed E-state index contributed by atoms with van der Waals surface area (Å²) in [5, 5.41) is 6.86. The number of carbonyl (C=O) groups excluding carboxylic acids is 1. The van der Waals surface area contributed by atoms with Gasteiger partial charge in [0, 0.05) is 37.3 Å². The molecule has 1 amide bonds. The minimum atomic E-state index is -4.37. The highest BCUT2D eigenvalue weighted by atomic mass is 19.4. The van der Waals surface area contributed by atoms with E-state index in [4.69, 9.17) is 0 Å². The summed E-state index contributed by atoms with van der Waals surface area (Å²) in [6, 6.07) is 3.12. The molecule has 2 aliphatic heterocycles. The minimum absolute atomic E-state index is 0.0776. The van der Waals surface area contributed by atoms with E-state index >= 15 is 0 Å². The lowest BCUT2D eigenvalue weighted by molar-refractivity contribution is -0.137. The molecule has 8 heteroatoms. The number of rotatable bonds is 3. The summed E-state index contributed by atoms with van der Waals surface area (Å²) in [5.74, 6) is 2.14. The molecule has 0 spiro atoms. The number of alkyl halides is 3. The van der Waals surface area contributed by atoms with Crippen molar-refractivity contribution in [1.82, 2.24) is 15.6 Å². The van der Waals surface area contributed by atoms with E-state index in [0.29, 0.717) is 29.6 Å². The van der Waals surface area contributed by atoms with Gasteiger partial charge in [-0.05, 0) is 56.1 Å². The molecule has 4 fully saturated rings. The Morgan fingerprint density at radius 2 is 1.93 bits per heavy atom. The molecule has 3 heterocycles. The summed E-state index contributed by atoms with van der Waals surface area (Å²) in [6.07, 6.45) is 4.44. The largest absolute Gasteiger partial charge is 0.417 e. The number of nitrogens with one attached hydrogen (secondary N) is 2. The summed E-state index contributed by atoms with van der Waals surface area (Å²) in [5.41, 5.74) is -0.722. The van der Waals surface area contributed by atoms with E-state index in [9.17, 15) is 18.0 Å². The molecule has 30 heavy (non-hydrogen) atoms. The van der Waals surface area contributed by atoms with E-state index in [1.165, 1.54) is 31.7 Å². The molecule has 3 unspecified atom stereocenters. The number of nitrogens with zero attached hydrogens (tertiary/aromatic N) is 2. The molecule has 164 valence electrons. The summed E-state index contributed by atoms with van der Waals surface area (Å²) in [6.45, 7) is 1.53. The van der Waals surface area contributed by atoms with Crippen molar-refractivity contribution in [2.75, 3.05) is 18.0 Å². The number of carbonyl (C=O) groups is 1. The monoisotopic (exact) mass is 422 g/mol. The molecule has 4 aliphatic rings. The first-order chi connectivity index (χ1) is 14.4. The highest BCUT2D eigenvalue weighted by molar-refractivity contribution is 5.82. The Bertz CT molecular complexity index is 770. The summed E-state index contributed by atoms with van der Waals surface area (Å²) in [4.78, 5) is 19.0. The Hall–Kier alpha value is -1.83. The predicted octanol–water partition coefficient (Wildman–Crippen LogP) is 3.35. The Morgan fingerprint density at radius 1 is 1.10 bits per heavy atom. The zero-order valence-electron chi connectivity index (χ0n) is 17.0. The molecule has 1 aromatic rings. The number of hydrogen-bond acceptors (Lipinski definition) is 4. The van der Waals surface area contributed by atoms with Crippen molar-refractivity contribution in [1.29, 1.82) is 0 Å². The number of anilines is 1. The molecule has 1 aromatic heterocycles. The molecule has 0 bridgehead atoms. The molecule has 0 radical (unpaired) electrons. The van der Waals surface area contributed by atoms with Crippen LogP contribution in [0, 0.1) is 17.8 Å². The maximum absolute atomic E-state index is 12.9. The molecule has 0 aromatic carbocycles. The number of pyridine rings is 1. The number of amides is 1. The lowest BCUT2D eigenvalue weighted by atomic mass is 9.85. The van der Waals surface area contributed by atoms with Crippen LogP contribution in [-0.2, 0) is 11.0 Å². The van der Waals surface area contributed by atoms with Crippen LogP contribution in [0.3, 0.4) is 0 Å². The Labute approximate surface area is 174 Å². The van der Waals surface area contributed by atoms with E-state index in [0.717, 1.165) is 44.6 Å². The standard InChI is InChI=1S/C22H29F3N4O/c23-22(24,25)15-6-8-20(26-10-15)29-11-14-5-7-18(16(14)12-29)28-21(30)19-9-13-3-1-2-4-17(13)27-19/h6,8,10,13-14,16-19,27H,1-5,7,9,11-12H2,(H,28,30)/t13?,14-,16+,17?,18+,19?/m1/s1. The number of aromatic nitrogens is 1. The van der Waals surface area contributed by atoms with E-state index in [1.807, 2.05) is 0 Å². The zero-order chi connectivity index (χ0) is 20.9. The quantitative estimate of drug-likeness (QED) is 0.785. The molecule has 5 nitrogen and oxygen atoms in total. The fraction of sp³-hybridized carbons (Fsp3) is 0.727. The van der Waals surface area contributed by atoms with Gasteiger partial charge in [-0.2, -0.15) is 13.2 Å². The fourth-order valence-electron chi connectivity index (χ4n) is 6.18. The van der Waals surface area contributed by atoms with Crippen molar-refractivity contribution in [3.05, 3.63) is 23.9 Å². The average molecular weight is 422 g/mol. The lowest BCUT2D eigenvalue weighted by Crippen LogP contribution is -2.48. The number of fused-ring (bicyclic) bond motifs is 2. The molecule has 6 atom stereocenters. The SMILES string of the molecule is O=C(N[C@H]1CC[C@@H]2CN(c3ccc(C(F)(F)F)cn3)C[C@@H]21)C1CC2CCCCC2N1. The van der Waals surface area contributed by atoms with Gasteiger partial charge in [0.25, 0.3) is 0 Å². The molecule has 2 saturated carbocycles. The van der Waals surface area contributed by atoms with Gasteiger partial charge in [-0.1, -0.05) is 12.8 Å². The minimum Gasteiger partial charge on any atom is -0.356 e. The average Bonchev–Trinajstić information content (AvgIpc) is 3.42. The van der Waals surface area contributed by atoms with Gasteiger partial charge in [0.15, 0.2) is 0 Å². The predicted molar refractivity (Wildman–Crippen MR) is 107 cm³/mol. The topological polar surface area (TPSA) is 57.3 Å². The van der Waals surface area contributed by atoms with Crippen LogP contribution in [0.2, 0.25) is 0 Å². The smallest absolute Gasteiger partial charge is 0.356 e. The summed E-state index contributed by atoms with van der Waals surface area (Å²) < 4.78 is 38.4. The lowest BCUT2D eigenvalue weighted by Gasteiger charge is -2.24. The second-order valence-electron chi connectivity index (χ2n) is 9.53. The van der Waals surface area contributed by atoms with Crippen molar-refractivity contribution in [3.63, 3.8) is 0 Å². The van der Waals surface area contributed by atoms with E-state index in [-0.39, 0.29) is 18.0 Å². The Morgan fingerprint density at radius 3 is 2.67 bits per heavy atom. The third-order valence-electron chi connectivity index (χ3n) is 7.76. The van der Waals surface area contributed by atoms with Crippen LogP contribution in [0.5, 0.6) is 0 Å². The molecule has 2 saturated heterocycles. The van der Waals surface area contributed by atoms with Crippen LogP contribution < -0.4 is 15.5 Å². The van der Waals surface area contributed by atoms with Gasteiger partial charge in [-0.3, -0.25) is 4.79 Å². The van der Waals surface area contributed by atoms with Crippen molar-refractivity contribution in [2.45, 2.75) is 69.2 Å². The Kier molecular flexibility index (Phi) is 5.16. The maximum atomic E-state index is 12.9. The van der Waals surface area contributed by atoms with Crippen LogP contribution in [-0.4, -0.2) is 42.1 Å². The van der Waals surface area contributed by atoms with E-state index < -0.39 is 11.7 Å². The van der Waals surface area contributed by atoms with Gasteiger partial charge in [0.2, 0.25) is 5.91 Å². The van der Waals surface area contributed by atoms with Crippen molar-refractivity contribution >= 4 is 11.7 Å². The van der Waals surface area contributed by atoms with Gasteiger partial charge in [0.05, 0.1) is 11.6 Å². The molecule has 5 rings (SSSR count). The molecular weight excluding hydrogens is 393 g/mol. The first-order valence-corrected chi connectivity index (χ1v) is 11.2. The van der Waals surface area contributed by atoms with Crippen LogP contribution in [0.1, 0.15) is 50.5 Å². The van der Waals surface area contributed by atoms with Gasteiger partial charge in [0.1, 0.15) is 5.82 Å². The second-order valence-corrected chi connectivity index (χ2v) is 9.53. The first-order valence-electron chi connectivity index (χ1n) is 11.2. The van der Waals surface area contributed by atoms with Crippen LogP contribution in [0.15, 0.2) is 18.3 Å². The summed E-state index contributed by atoms with van der Waals surface area (Å²) >= 11 is 0. The molecule has 2 aliphatic carbocycles. The normalized spacial score (nSPS) is 35.9. The first kappa shape index (κ1) is 20.1. The van der Waals surface area contributed by atoms with Crippen LogP contribution in [0.4, 0.5) is 19.0 Å². The van der Waals surface area contributed by atoms with Gasteiger partial charge in [-0.15, -0.1) is 0 Å². The van der Waals surface area contributed by atoms with Crippen molar-refractivity contribution < 1.29 is 18.0 Å². The van der Waals surface area contributed by atoms with Crippen LogP contribution >= 0.6 is 0 Å². The Balaban J connectivity index is 1.19. The second kappa shape index (κ2) is 7.70. The van der Waals surface area contributed by atoms with Crippen molar-refractivity contribution in [3.8, 4) is 0 Å². The third kappa shape index (κ3) is 3.79. The third-order valence-corrected chi connectivity index (χ3v) is 7.76. The maximum Gasteiger partial charge on any atom is 0.417 e. The van der Waals surface area contributed by atoms with E-state index in [2.05, 4.69) is 20.5 Å². The van der Waals surface area contributed by atoms with E-state index in [1.54, 1.807) is 0 Å².